The summed E-state index contributed by atoms with van der Waals surface area (Å²) in [6, 6.07) is 1.87. The Labute approximate surface area is 97.5 Å². The van der Waals surface area contributed by atoms with Crippen LogP contribution in [0.3, 0.4) is 0 Å². The minimum absolute atomic E-state index is 0.118. The maximum absolute atomic E-state index is 8.86. The molecule has 1 N–H and O–H groups in total. The lowest BCUT2D eigenvalue weighted by molar-refractivity contribution is -0.118. The average Bonchev–Trinajstić information content (AvgIpc) is 2.30. The molecule has 0 aliphatic carbocycles. The molecule has 92 valence electrons. The molecule has 0 rings (SSSR count). The van der Waals surface area contributed by atoms with Gasteiger partial charge in [-0.3, -0.25) is 0 Å². The van der Waals surface area contributed by atoms with Crippen molar-refractivity contribution in [2.24, 2.45) is 0 Å². The largest absolute Gasteiger partial charge is 0.514 e. The SMILES string of the molecule is CCCCOC(OCCCC)C(C#N)=CO. The van der Waals surface area contributed by atoms with Crippen molar-refractivity contribution < 1.29 is 14.6 Å². The van der Waals surface area contributed by atoms with E-state index in [1.807, 2.05) is 6.07 Å². The van der Waals surface area contributed by atoms with Crippen LogP contribution >= 0.6 is 0 Å². The zero-order chi connectivity index (χ0) is 12.2. The summed E-state index contributed by atoms with van der Waals surface area (Å²) in [5.74, 6) is 0. The molecule has 4 heteroatoms. The van der Waals surface area contributed by atoms with Gasteiger partial charge in [-0.05, 0) is 12.8 Å². The molecule has 0 unspecified atom stereocenters. The minimum atomic E-state index is -0.729. The van der Waals surface area contributed by atoms with Gasteiger partial charge in [0.15, 0.2) is 6.29 Å². The quantitative estimate of drug-likeness (QED) is 0.285. The van der Waals surface area contributed by atoms with E-state index in [-0.39, 0.29) is 5.57 Å². The van der Waals surface area contributed by atoms with Gasteiger partial charge in [-0.25, -0.2) is 0 Å². The van der Waals surface area contributed by atoms with Gasteiger partial charge < -0.3 is 14.6 Å². The highest BCUT2D eigenvalue weighted by Gasteiger charge is 2.15. The third kappa shape index (κ3) is 6.44. The molecule has 0 atom stereocenters. The lowest BCUT2D eigenvalue weighted by Crippen LogP contribution is -2.21. The maximum atomic E-state index is 8.86. The number of aliphatic hydroxyl groups excluding tert-OH is 1. The van der Waals surface area contributed by atoms with E-state index in [0.29, 0.717) is 13.2 Å². The first-order valence-corrected chi connectivity index (χ1v) is 5.77. The predicted octanol–water partition coefficient (Wildman–Crippen LogP) is 2.91. The Hall–Kier alpha value is -1.05. The number of ether oxygens (including phenoxy) is 2. The second-order valence-electron chi connectivity index (χ2n) is 3.48. The molecule has 4 nitrogen and oxygen atoms in total. The van der Waals surface area contributed by atoms with E-state index < -0.39 is 6.29 Å². The molecule has 0 saturated carbocycles. The van der Waals surface area contributed by atoms with Crippen LogP contribution in [-0.4, -0.2) is 24.6 Å². The summed E-state index contributed by atoms with van der Waals surface area (Å²) in [7, 11) is 0. The molecule has 0 amide bonds. The number of nitriles is 1. The van der Waals surface area contributed by atoms with E-state index in [0.717, 1.165) is 31.9 Å². The smallest absolute Gasteiger partial charge is 0.196 e. The molecule has 0 aromatic heterocycles. The third-order valence-corrected chi connectivity index (χ3v) is 2.06. The van der Waals surface area contributed by atoms with Crippen LogP contribution in [0.15, 0.2) is 11.8 Å². The van der Waals surface area contributed by atoms with Crippen molar-refractivity contribution in [3.8, 4) is 6.07 Å². The molecule has 0 aromatic carbocycles. The number of aliphatic hydroxyl groups is 1. The van der Waals surface area contributed by atoms with Gasteiger partial charge in [0.25, 0.3) is 0 Å². The monoisotopic (exact) mass is 227 g/mol. The van der Waals surface area contributed by atoms with E-state index >= 15 is 0 Å². The number of hydrogen-bond acceptors (Lipinski definition) is 4. The van der Waals surface area contributed by atoms with E-state index in [9.17, 15) is 0 Å². The topological polar surface area (TPSA) is 62.5 Å². The van der Waals surface area contributed by atoms with Crippen LogP contribution in [0.1, 0.15) is 39.5 Å². The lowest BCUT2D eigenvalue weighted by Gasteiger charge is -2.16. The van der Waals surface area contributed by atoms with Crippen LogP contribution in [0.2, 0.25) is 0 Å². The van der Waals surface area contributed by atoms with Crippen molar-refractivity contribution in [3.05, 3.63) is 11.8 Å². The summed E-state index contributed by atoms with van der Waals surface area (Å²) in [5.41, 5.74) is 0.118. The fraction of sp³-hybridized carbons (Fsp3) is 0.750. The Balaban J connectivity index is 4.11. The second kappa shape index (κ2) is 10.5. The molecule has 0 heterocycles. The number of nitrogens with zero attached hydrogens (tertiary/aromatic N) is 1. The van der Waals surface area contributed by atoms with Gasteiger partial charge in [-0.15, -0.1) is 0 Å². The Kier molecular flexibility index (Phi) is 9.78. The summed E-state index contributed by atoms with van der Waals surface area (Å²) in [6.45, 7) is 5.19. The molecular weight excluding hydrogens is 206 g/mol. The van der Waals surface area contributed by atoms with Gasteiger partial charge in [-0.2, -0.15) is 5.26 Å². The van der Waals surface area contributed by atoms with Crippen LogP contribution in [0.4, 0.5) is 0 Å². The average molecular weight is 227 g/mol. The Morgan fingerprint density at radius 3 is 2.06 bits per heavy atom. The summed E-state index contributed by atoms with van der Waals surface area (Å²) < 4.78 is 10.8. The molecule has 0 bridgehead atoms. The Bertz CT molecular complexity index is 223. The summed E-state index contributed by atoms with van der Waals surface area (Å²) in [6.07, 6.45) is 3.89. The van der Waals surface area contributed by atoms with Crippen LogP contribution in [0.25, 0.3) is 0 Å². The summed E-state index contributed by atoms with van der Waals surface area (Å²) in [5, 5.41) is 17.6. The van der Waals surface area contributed by atoms with Gasteiger partial charge in [0.1, 0.15) is 11.6 Å². The Morgan fingerprint density at radius 2 is 1.75 bits per heavy atom. The third-order valence-electron chi connectivity index (χ3n) is 2.06. The zero-order valence-electron chi connectivity index (χ0n) is 10.1. The standard InChI is InChI=1S/C12H21NO3/c1-3-5-7-15-12(11(9-13)10-14)16-8-6-4-2/h10,12,14H,3-8H2,1-2H3. The first-order chi connectivity index (χ1) is 7.79. The number of unbranched alkanes of at least 4 members (excludes halogenated alkanes) is 2. The molecule has 0 saturated heterocycles. The van der Waals surface area contributed by atoms with Crippen LogP contribution in [0, 0.1) is 11.3 Å². The van der Waals surface area contributed by atoms with Crippen molar-refractivity contribution in [1.82, 2.24) is 0 Å². The Morgan fingerprint density at radius 1 is 1.25 bits per heavy atom. The first-order valence-electron chi connectivity index (χ1n) is 5.77. The summed E-state index contributed by atoms with van der Waals surface area (Å²) >= 11 is 0. The highest BCUT2D eigenvalue weighted by Crippen LogP contribution is 2.09. The zero-order valence-corrected chi connectivity index (χ0v) is 10.1. The van der Waals surface area contributed by atoms with E-state index in [1.54, 1.807) is 0 Å². The highest BCUT2D eigenvalue weighted by molar-refractivity contribution is 5.20. The molecule has 16 heavy (non-hydrogen) atoms. The van der Waals surface area contributed by atoms with Crippen molar-refractivity contribution in [2.75, 3.05) is 13.2 Å². The molecule has 0 aliphatic heterocycles. The van der Waals surface area contributed by atoms with Gasteiger partial charge in [0.05, 0.1) is 19.5 Å². The maximum Gasteiger partial charge on any atom is 0.196 e. The van der Waals surface area contributed by atoms with E-state index in [4.69, 9.17) is 19.8 Å². The highest BCUT2D eigenvalue weighted by atomic mass is 16.7. The molecule has 0 fully saturated rings. The van der Waals surface area contributed by atoms with Crippen LogP contribution < -0.4 is 0 Å². The van der Waals surface area contributed by atoms with Crippen molar-refractivity contribution >= 4 is 0 Å². The molecule has 0 spiro atoms. The van der Waals surface area contributed by atoms with Gasteiger partial charge in [0.2, 0.25) is 0 Å². The van der Waals surface area contributed by atoms with Crippen molar-refractivity contribution in [2.45, 2.75) is 45.8 Å². The van der Waals surface area contributed by atoms with Crippen LogP contribution in [0.5, 0.6) is 0 Å². The second-order valence-corrected chi connectivity index (χ2v) is 3.48. The van der Waals surface area contributed by atoms with Gasteiger partial charge in [0, 0.05) is 0 Å². The normalized spacial score (nSPS) is 11.8. The first kappa shape index (κ1) is 14.9. The molecule has 0 aromatic rings. The molecular formula is C12H21NO3. The molecule has 0 aliphatic rings. The molecule has 0 radical (unpaired) electrons. The fourth-order valence-electron chi connectivity index (χ4n) is 1.04. The summed E-state index contributed by atoms with van der Waals surface area (Å²) in [4.78, 5) is 0. The fourth-order valence-corrected chi connectivity index (χ4v) is 1.04. The van der Waals surface area contributed by atoms with Crippen molar-refractivity contribution in [1.29, 1.82) is 5.26 Å². The lowest BCUT2D eigenvalue weighted by atomic mass is 10.3. The van der Waals surface area contributed by atoms with Crippen LogP contribution in [-0.2, 0) is 9.47 Å². The number of hydrogen-bond donors (Lipinski definition) is 1. The van der Waals surface area contributed by atoms with E-state index in [2.05, 4.69) is 13.8 Å². The number of rotatable bonds is 9. The van der Waals surface area contributed by atoms with E-state index in [1.165, 1.54) is 0 Å². The van der Waals surface area contributed by atoms with Gasteiger partial charge in [-0.1, -0.05) is 26.7 Å². The minimum Gasteiger partial charge on any atom is -0.514 e. The van der Waals surface area contributed by atoms with Crippen molar-refractivity contribution in [3.63, 3.8) is 0 Å². The van der Waals surface area contributed by atoms with Gasteiger partial charge >= 0.3 is 0 Å². The predicted molar refractivity (Wildman–Crippen MR) is 61.8 cm³/mol.